The number of hydroxylamine groups is 4. The highest BCUT2D eigenvalue weighted by atomic mass is 17.0. The lowest BCUT2D eigenvalue weighted by atomic mass is 9.70. The Morgan fingerprint density at radius 2 is 1.59 bits per heavy atom. The van der Waals surface area contributed by atoms with E-state index in [1.165, 1.54) is 56.9 Å². The molecular formula is C43H59N3O3+2. The van der Waals surface area contributed by atoms with E-state index in [2.05, 4.69) is 101 Å². The molecule has 5 heterocycles. The number of quaternary nitrogens is 1. The van der Waals surface area contributed by atoms with E-state index in [1.54, 1.807) is 0 Å². The summed E-state index contributed by atoms with van der Waals surface area (Å²) in [6, 6.07) is 15.2. The molecule has 2 aliphatic carbocycles. The Morgan fingerprint density at radius 3 is 2.33 bits per heavy atom. The van der Waals surface area contributed by atoms with Gasteiger partial charge < -0.3 is 4.42 Å². The zero-order valence-electron chi connectivity index (χ0n) is 31.2. The average molecular weight is 666 g/mol. The molecule has 3 aromatic heterocycles. The van der Waals surface area contributed by atoms with Crippen molar-refractivity contribution in [2.75, 3.05) is 7.11 Å². The van der Waals surface area contributed by atoms with Crippen molar-refractivity contribution in [3.63, 3.8) is 0 Å². The first-order valence-corrected chi connectivity index (χ1v) is 19.5. The lowest BCUT2D eigenvalue weighted by Crippen LogP contribution is -2.56. The molecule has 2 aliphatic heterocycles. The molecule has 1 saturated heterocycles. The molecule has 3 fully saturated rings. The van der Waals surface area contributed by atoms with Crippen LogP contribution in [0.1, 0.15) is 112 Å². The molecule has 4 aromatic rings. The van der Waals surface area contributed by atoms with Crippen LogP contribution in [-0.4, -0.2) is 23.0 Å². The molecule has 0 N–H and O–H groups in total. The van der Waals surface area contributed by atoms with E-state index in [-0.39, 0.29) is 10.9 Å². The molecule has 0 bridgehead atoms. The molecule has 9 unspecified atom stereocenters. The minimum Gasteiger partial charge on any atom is -0.437 e. The number of pyridine rings is 2. The molecule has 0 spiro atoms. The van der Waals surface area contributed by atoms with Crippen LogP contribution in [0.25, 0.3) is 33.3 Å². The summed E-state index contributed by atoms with van der Waals surface area (Å²) in [5, 5.41) is 2.15. The third kappa shape index (κ3) is 4.90. The van der Waals surface area contributed by atoms with E-state index in [0.29, 0.717) is 17.5 Å². The third-order valence-electron chi connectivity index (χ3n) is 14.0. The monoisotopic (exact) mass is 665 g/mol. The molecule has 2 saturated carbocycles. The summed E-state index contributed by atoms with van der Waals surface area (Å²) >= 11 is 0. The maximum absolute atomic E-state index is 7.75. The van der Waals surface area contributed by atoms with Crippen molar-refractivity contribution in [3.05, 3.63) is 60.4 Å². The average Bonchev–Trinajstić information content (AvgIpc) is 3.30. The molecule has 8 rings (SSSR count). The number of aromatic nitrogens is 2. The van der Waals surface area contributed by atoms with Crippen LogP contribution >= 0.6 is 0 Å². The number of fused-ring (bicyclic) bond motifs is 10. The van der Waals surface area contributed by atoms with Gasteiger partial charge in [0.15, 0.2) is 11.8 Å². The molecule has 4 aliphatic rings. The predicted molar refractivity (Wildman–Crippen MR) is 195 cm³/mol. The Bertz CT molecular complexity index is 1840. The Kier molecular flexibility index (Phi) is 8.28. The molecule has 0 radical (unpaired) electrons. The van der Waals surface area contributed by atoms with Gasteiger partial charge in [0.1, 0.15) is 6.10 Å². The molecule has 1 aromatic carbocycles. The van der Waals surface area contributed by atoms with Gasteiger partial charge in [0.2, 0.25) is 11.4 Å². The van der Waals surface area contributed by atoms with E-state index in [9.17, 15) is 0 Å². The topological polar surface area (TPSA) is 48.4 Å². The van der Waals surface area contributed by atoms with Crippen molar-refractivity contribution < 1.29 is 23.5 Å². The number of hydrogen-bond donors (Lipinski definition) is 0. The van der Waals surface area contributed by atoms with Gasteiger partial charge in [0, 0.05) is 40.8 Å². The van der Waals surface area contributed by atoms with Crippen LogP contribution in [0.4, 0.5) is 0 Å². The second-order valence-electron chi connectivity index (χ2n) is 17.4. The smallest absolute Gasteiger partial charge is 0.417 e. The number of hydrogen-bond acceptors (Lipinski definition) is 4. The third-order valence-corrected chi connectivity index (χ3v) is 14.0. The highest BCUT2D eigenvalue weighted by molar-refractivity contribution is 6.09. The number of benzene rings is 1. The summed E-state index contributed by atoms with van der Waals surface area (Å²) in [5.41, 5.74) is 4.05. The molecular weight excluding hydrogens is 606 g/mol. The number of nitrogens with zero attached hydrogens (tertiary/aromatic N) is 3. The summed E-state index contributed by atoms with van der Waals surface area (Å²) < 4.78 is 9.01. The minimum atomic E-state index is -0.499. The van der Waals surface area contributed by atoms with Crippen LogP contribution in [0.2, 0.25) is 0 Å². The van der Waals surface area contributed by atoms with Gasteiger partial charge in [0.05, 0.1) is 25.2 Å². The van der Waals surface area contributed by atoms with Gasteiger partial charge in [-0.15, -0.1) is 4.57 Å². The van der Waals surface area contributed by atoms with E-state index in [1.807, 2.05) is 19.4 Å². The van der Waals surface area contributed by atoms with Crippen molar-refractivity contribution in [2.24, 2.45) is 41.4 Å². The van der Waals surface area contributed by atoms with Crippen LogP contribution in [0, 0.1) is 41.4 Å². The van der Waals surface area contributed by atoms with Gasteiger partial charge in [-0.05, 0) is 117 Å². The SMILES string of the molecule is CCC1CC(C)CC(CC(O[N+]2(OC)C3(C)c4ccc5c(oc6ncccc65)c4-c4cccc[n+]4C32C)[C@H](C)CC2CC(C)CC(C)C2)C1. The predicted octanol–water partition coefficient (Wildman–Crippen LogP) is 10.5. The standard InChI is InChI=1S/C43H59N3O3/c1-9-31-20-29(4)23-33(25-31)26-38(30(5)24-32-21-27(2)19-28(3)22-32)49-46(47-8)42(6)36-16-15-34-35-13-12-17-44-41(35)48-40(34)39(36)37-14-10-11-18-45(37)43(42,46)7/h10-18,27-33,38H,9,19-26H2,1-8H3/q+2/t27?,28?,29?,30-,31?,32?,33?,38?,42?,43?,46?/m1/s1. The van der Waals surface area contributed by atoms with Crippen LogP contribution in [0.5, 0.6) is 0 Å². The Hall–Kier alpha value is -2.80. The van der Waals surface area contributed by atoms with E-state index >= 15 is 0 Å². The van der Waals surface area contributed by atoms with E-state index in [0.717, 1.165) is 63.6 Å². The van der Waals surface area contributed by atoms with Crippen molar-refractivity contribution >= 4 is 22.1 Å². The van der Waals surface area contributed by atoms with Crippen LogP contribution in [0.3, 0.4) is 0 Å². The summed E-state index contributed by atoms with van der Waals surface area (Å²) in [6.07, 6.45) is 15.8. The van der Waals surface area contributed by atoms with Crippen molar-refractivity contribution in [1.82, 2.24) is 4.98 Å². The number of rotatable bonds is 9. The lowest BCUT2D eigenvalue weighted by Gasteiger charge is -2.38. The van der Waals surface area contributed by atoms with Gasteiger partial charge in [-0.3, -0.25) is 0 Å². The van der Waals surface area contributed by atoms with Crippen molar-refractivity contribution in [2.45, 2.75) is 124 Å². The Balaban J connectivity index is 1.22. The largest absolute Gasteiger partial charge is 0.437 e. The highest BCUT2D eigenvalue weighted by Crippen LogP contribution is 2.71. The Morgan fingerprint density at radius 1 is 0.878 bits per heavy atom. The fourth-order valence-electron chi connectivity index (χ4n) is 11.8. The second kappa shape index (κ2) is 12.2. The second-order valence-corrected chi connectivity index (χ2v) is 17.4. The summed E-state index contributed by atoms with van der Waals surface area (Å²) in [6.45, 7) is 17.0. The van der Waals surface area contributed by atoms with Gasteiger partial charge >= 0.3 is 11.2 Å². The van der Waals surface area contributed by atoms with Gasteiger partial charge in [0.25, 0.3) is 0 Å². The van der Waals surface area contributed by atoms with E-state index < -0.39 is 11.2 Å². The van der Waals surface area contributed by atoms with Crippen LogP contribution in [0.15, 0.2) is 59.3 Å². The first-order valence-electron chi connectivity index (χ1n) is 19.5. The zero-order chi connectivity index (χ0) is 34.3. The highest BCUT2D eigenvalue weighted by Gasteiger charge is 3.02. The van der Waals surface area contributed by atoms with Gasteiger partial charge in [-0.2, -0.15) is 9.68 Å². The van der Waals surface area contributed by atoms with Crippen molar-refractivity contribution in [1.29, 1.82) is 0 Å². The first kappa shape index (κ1) is 33.3. The quantitative estimate of drug-likeness (QED) is 0.101. The fraction of sp³-hybridized carbons (Fsp3) is 0.628. The van der Waals surface area contributed by atoms with Crippen LogP contribution < -0.4 is 4.57 Å². The molecule has 10 atom stereocenters. The molecule has 262 valence electrons. The minimum absolute atomic E-state index is 0.0925. The maximum Gasteiger partial charge on any atom is 0.417 e. The Labute approximate surface area is 293 Å². The maximum atomic E-state index is 7.75. The summed E-state index contributed by atoms with van der Waals surface area (Å²) in [7, 11) is 1.86. The van der Waals surface area contributed by atoms with Gasteiger partial charge in [-0.1, -0.05) is 47.1 Å². The molecule has 49 heavy (non-hydrogen) atoms. The van der Waals surface area contributed by atoms with Gasteiger partial charge in [-0.25, -0.2) is 4.98 Å². The normalized spacial score (nSPS) is 36.6. The first-order chi connectivity index (χ1) is 23.5. The zero-order valence-corrected chi connectivity index (χ0v) is 31.2. The summed E-state index contributed by atoms with van der Waals surface area (Å²) in [4.78, 5) is 19.3. The fourth-order valence-corrected chi connectivity index (χ4v) is 11.8. The lowest BCUT2D eigenvalue weighted by molar-refractivity contribution is -1.24. The number of furan rings is 1. The summed E-state index contributed by atoms with van der Waals surface area (Å²) in [5.74, 6) is 5.10. The molecule has 0 amide bonds. The van der Waals surface area contributed by atoms with E-state index in [4.69, 9.17) is 14.1 Å². The molecule has 6 nitrogen and oxygen atoms in total. The molecule has 6 heteroatoms. The van der Waals surface area contributed by atoms with Crippen molar-refractivity contribution in [3.8, 4) is 11.3 Å². The van der Waals surface area contributed by atoms with Crippen LogP contribution in [-0.2, 0) is 20.9 Å².